The highest BCUT2D eigenvalue weighted by molar-refractivity contribution is 7.92. The van der Waals surface area contributed by atoms with Crippen molar-refractivity contribution in [3.63, 3.8) is 0 Å². The molecule has 0 radical (unpaired) electrons. The van der Waals surface area contributed by atoms with Crippen LogP contribution < -0.4 is 5.32 Å². The number of nitrogens with zero attached hydrogens (tertiary/aromatic N) is 3. The van der Waals surface area contributed by atoms with Crippen LogP contribution in [0.2, 0.25) is 5.02 Å². The smallest absolute Gasteiger partial charge is 0.193 e. The van der Waals surface area contributed by atoms with Gasteiger partial charge in [0.2, 0.25) is 0 Å². The first-order chi connectivity index (χ1) is 10.5. The van der Waals surface area contributed by atoms with Crippen LogP contribution in [-0.4, -0.2) is 55.0 Å². The average molecular weight is 363 g/mol. The second-order valence-electron chi connectivity index (χ2n) is 6.52. The Kier molecular flexibility index (Phi) is 6.53. The number of hydrogen-bond donors (Lipinski definition) is 1. The van der Waals surface area contributed by atoms with Crippen LogP contribution in [0.5, 0.6) is 0 Å². The topological polar surface area (TPSA) is 66.7 Å². The molecule has 0 amide bonds. The first kappa shape index (κ1) is 19.8. The molecular weight excluding hydrogens is 336 g/mol. The molecule has 0 aliphatic heterocycles. The number of hydrogen-bond acceptors (Lipinski definition) is 3. The van der Waals surface area contributed by atoms with E-state index in [-0.39, 0.29) is 5.75 Å². The van der Waals surface area contributed by atoms with E-state index in [2.05, 4.69) is 10.3 Å². The van der Waals surface area contributed by atoms with Gasteiger partial charge in [0.05, 0.1) is 22.1 Å². The molecule has 0 aliphatic rings. The molecule has 0 unspecified atom stereocenters. The van der Waals surface area contributed by atoms with Crippen LogP contribution in [0.1, 0.15) is 26.5 Å². The van der Waals surface area contributed by atoms with Gasteiger partial charge in [-0.05, 0) is 26.8 Å². The molecule has 6 nitrogen and oxygen atoms in total. The summed E-state index contributed by atoms with van der Waals surface area (Å²) in [4.78, 5) is 6.12. The van der Waals surface area contributed by atoms with Crippen LogP contribution in [0.3, 0.4) is 0 Å². The van der Waals surface area contributed by atoms with Gasteiger partial charge >= 0.3 is 0 Å². The van der Waals surface area contributed by atoms with Crippen molar-refractivity contribution in [1.29, 1.82) is 0 Å². The average Bonchev–Trinajstić information content (AvgIpc) is 2.71. The Bertz CT molecular complexity index is 660. The highest BCUT2D eigenvalue weighted by Gasteiger charge is 2.28. The Labute approximate surface area is 144 Å². The van der Waals surface area contributed by atoms with Crippen molar-refractivity contribution in [3.05, 3.63) is 23.0 Å². The standard InChI is InChI=1S/C15H27ClN4O2S/c1-15(2,3)23(21,22)8-7-18-14(17-4)20(6)11-13-9-12(16)10-19(13)5/h9-10H,7-8,11H2,1-6H3,(H,17,18). The fourth-order valence-corrected chi connectivity index (χ4v) is 3.28. The highest BCUT2D eigenvalue weighted by atomic mass is 35.5. The Morgan fingerprint density at radius 3 is 2.48 bits per heavy atom. The lowest BCUT2D eigenvalue weighted by Gasteiger charge is -2.24. The molecule has 0 fully saturated rings. The minimum atomic E-state index is -3.15. The molecule has 0 aromatic carbocycles. The van der Waals surface area contributed by atoms with Crippen LogP contribution in [0, 0.1) is 0 Å². The Balaban J connectivity index is 2.63. The maximum absolute atomic E-state index is 12.1. The molecule has 23 heavy (non-hydrogen) atoms. The van der Waals surface area contributed by atoms with Gasteiger partial charge < -0.3 is 14.8 Å². The monoisotopic (exact) mass is 362 g/mol. The Hall–Kier alpha value is -1.21. The van der Waals surface area contributed by atoms with E-state index in [4.69, 9.17) is 11.6 Å². The maximum atomic E-state index is 12.1. The molecule has 0 bridgehead atoms. The van der Waals surface area contributed by atoms with Crippen LogP contribution in [-0.2, 0) is 23.4 Å². The fraction of sp³-hybridized carbons (Fsp3) is 0.667. The van der Waals surface area contributed by atoms with E-state index < -0.39 is 14.6 Å². The highest BCUT2D eigenvalue weighted by Crippen LogP contribution is 2.16. The second-order valence-corrected chi connectivity index (χ2v) is 9.82. The minimum absolute atomic E-state index is 0.0688. The molecule has 1 N–H and O–H groups in total. The molecular formula is C15H27ClN4O2S. The molecule has 1 rings (SSSR count). The van der Waals surface area contributed by atoms with Gasteiger partial charge in [0.25, 0.3) is 0 Å². The van der Waals surface area contributed by atoms with E-state index >= 15 is 0 Å². The van der Waals surface area contributed by atoms with Crippen molar-refractivity contribution in [3.8, 4) is 0 Å². The lowest BCUT2D eigenvalue weighted by atomic mass is 10.3. The van der Waals surface area contributed by atoms with Crippen LogP contribution >= 0.6 is 11.6 Å². The summed E-state index contributed by atoms with van der Waals surface area (Å²) in [5.74, 6) is 0.714. The number of aryl methyl sites for hydroxylation is 1. The number of sulfone groups is 1. The van der Waals surface area contributed by atoms with Gasteiger partial charge in [-0.1, -0.05) is 11.6 Å². The van der Waals surface area contributed by atoms with E-state index in [1.807, 2.05) is 35.8 Å². The molecule has 0 saturated heterocycles. The molecule has 1 aromatic heterocycles. The molecule has 0 spiro atoms. The zero-order chi connectivity index (χ0) is 17.8. The van der Waals surface area contributed by atoms with E-state index in [0.717, 1.165) is 5.69 Å². The van der Waals surface area contributed by atoms with Gasteiger partial charge in [-0.25, -0.2) is 8.42 Å². The number of aliphatic imine (C=N–C) groups is 1. The zero-order valence-electron chi connectivity index (χ0n) is 14.7. The van der Waals surface area contributed by atoms with Gasteiger partial charge in [-0.15, -0.1) is 0 Å². The van der Waals surface area contributed by atoms with Crippen LogP contribution in [0.15, 0.2) is 17.3 Å². The van der Waals surface area contributed by atoms with Crippen LogP contribution in [0.25, 0.3) is 0 Å². The van der Waals surface area contributed by atoms with Crippen molar-refractivity contribution in [2.24, 2.45) is 12.0 Å². The maximum Gasteiger partial charge on any atom is 0.193 e. The molecule has 8 heteroatoms. The summed E-state index contributed by atoms with van der Waals surface area (Å²) >= 11 is 5.99. The summed E-state index contributed by atoms with van der Waals surface area (Å²) in [6.07, 6.45) is 1.84. The largest absolute Gasteiger partial charge is 0.355 e. The molecule has 0 saturated carbocycles. The van der Waals surface area contributed by atoms with Crippen molar-refractivity contribution >= 4 is 27.4 Å². The summed E-state index contributed by atoms with van der Waals surface area (Å²) < 4.78 is 25.4. The van der Waals surface area contributed by atoms with Crippen molar-refractivity contribution in [2.45, 2.75) is 32.1 Å². The van der Waals surface area contributed by atoms with Gasteiger partial charge in [0.15, 0.2) is 15.8 Å². The molecule has 0 atom stereocenters. The third kappa shape index (κ3) is 5.42. The van der Waals surface area contributed by atoms with E-state index in [9.17, 15) is 8.42 Å². The molecule has 1 heterocycles. The number of nitrogens with one attached hydrogen (secondary N) is 1. The van der Waals surface area contributed by atoms with Gasteiger partial charge in [0.1, 0.15) is 0 Å². The van der Waals surface area contributed by atoms with E-state index in [1.165, 1.54) is 0 Å². The van der Waals surface area contributed by atoms with E-state index in [1.54, 1.807) is 27.8 Å². The van der Waals surface area contributed by atoms with Gasteiger partial charge in [0, 0.05) is 39.6 Å². The van der Waals surface area contributed by atoms with Gasteiger partial charge in [-0.2, -0.15) is 0 Å². The number of aromatic nitrogens is 1. The number of guanidine groups is 1. The molecule has 132 valence electrons. The summed E-state index contributed by atoms with van der Waals surface area (Å²) in [7, 11) is 2.36. The summed E-state index contributed by atoms with van der Waals surface area (Å²) in [5.41, 5.74) is 1.04. The molecule has 0 aliphatic carbocycles. The van der Waals surface area contributed by atoms with Crippen molar-refractivity contribution in [1.82, 2.24) is 14.8 Å². The van der Waals surface area contributed by atoms with Crippen molar-refractivity contribution in [2.75, 3.05) is 26.4 Å². The summed E-state index contributed by atoms with van der Waals surface area (Å²) in [5, 5.41) is 3.79. The lowest BCUT2D eigenvalue weighted by molar-refractivity contribution is 0.463. The predicted octanol–water partition coefficient (Wildman–Crippen LogP) is 1.90. The van der Waals surface area contributed by atoms with Crippen molar-refractivity contribution < 1.29 is 8.42 Å². The predicted molar refractivity (Wildman–Crippen MR) is 96.8 cm³/mol. The Morgan fingerprint density at radius 2 is 2.04 bits per heavy atom. The van der Waals surface area contributed by atoms with Gasteiger partial charge in [-0.3, -0.25) is 4.99 Å². The summed E-state index contributed by atoms with van der Waals surface area (Å²) in [6.45, 7) is 6.08. The first-order valence-corrected chi connectivity index (χ1v) is 9.46. The summed E-state index contributed by atoms with van der Waals surface area (Å²) in [6, 6.07) is 1.90. The SMILES string of the molecule is CN=C(NCCS(=O)(=O)C(C)(C)C)N(C)Cc1cc(Cl)cn1C. The second kappa shape index (κ2) is 7.57. The van der Waals surface area contributed by atoms with Crippen LogP contribution in [0.4, 0.5) is 0 Å². The Morgan fingerprint density at radius 1 is 1.43 bits per heavy atom. The normalized spacial score (nSPS) is 13.3. The molecule has 1 aromatic rings. The number of halogens is 1. The zero-order valence-corrected chi connectivity index (χ0v) is 16.3. The third-order valence-corrected chi connectivity index (χ3v) is 6.45. The third-order valence-electron chi connectivity index (χ3n) is 3.63. The first-order valence-electron chi connectivity index (χ1n) is 7.43. The van der Waals surface area contributed by atoms with E-state index in [0.29, 0.717) is 24.1 Å². The lowest BCUT2D eigenvalue weighted by Crippen LogP contribution is -2.42. The fourth-order valence-electron chi connectivity index (χ4n) is 2.03. The quantitative estimate of drug-likeness (QED) is 0.641. The number of rotatable bonds is 5. The minimum Gasteiger partial charge on any atom is -0.355 e.